The van der Waals surface area contributed by atoms with E-state index in [9.17, 15) is 9.59 Å². The number of benzene rings is 1. The molecule has 1 fully saturated rings. The lowest BCUT2D eigenvalue weighted by Gasteiger charge is -2.35. The minimum absolute atomic E-state index is 0.0825. The zero-order valence-electron chi connectivity index (χ0n) is 13.0. The minimum Gasteiger partial charge on any atom is -0.481 e. The number of carboxylic acids is 1. The van der Waals surface area contributed by atoms with Gasteiger partial charge in [-0.3, -0.25) is 9.59 Å². The van der Waals surface area contributed by atoms with Gasteiger partial charge in [0, 0.05) is 29.8 Å². The second kappa shape index (κ2) is 9.18. The summed E-state index contributed by atoms with van der Waals surface area (Å²) in [6.45, 7) is 0.751. The number of carboxylic acid groups (broad SMARTS) is 1. The van der Waals surface area contributed by atoms with Crippen molar-refractivity contribution in [2.45, 2.75) is 43.9 Å². The Hall–Kier alpha value is -1.20. The summed E-state index contributed by atoms with van der Waals surface area (Å²) in [6, 6.07) is 7.74. The van der Waals surface area contributed by atoms with Gasteiger partial charge in [0.15, 0.2) is 0 Å². The Morgan fingerprint density at radius 2 is 2.17 bits per heavy atom. The molecule has 0 aromatic heterocycles. The number of aliphatic carboxylic acids is 1. The van der Waals surface area contributed by atoms with Crippen LogP contribution in [0.4, 0.5) is 0 Å². The number of carbonyl (C=O) groups excluding carboxylic acids is 1. The minimum atomic E-state index is -0.793. The Balaban J connectivity index is 1.81. The van der Waals surface area contributed by atoms with Crippen LogP contribution in [0.5, 0.6) is 0 Å². The van der Waals surface area contributed by atoms with Gasteiger partial charge in [-0.15, -0.1) is 11.8 Å². The van der Waals surface area contributed by atoms with Crippen LogP contribution in [0.1, 0.15) is 37.7 Å². The van der Waals surface area contributed by atoms with Crippen molar-refractivity contribution in [3.05, 3.63) is 34.9 Å². The van der Waals surface area contributed by atoms with E-state index in [0.717, 1.165) is 37.1 Å². The van der Waals surface area contributed by atoms with E-state index in [-0.39, 0.29) is 18.4 Å². The number of amides is 1. The van der Waals surface area contributed by atoms with Crippen LogP contribution in [-0.2, 0) is 15.3 Å². The third kappa shape index (κ3) is 6.07. The Morgan fingerprint density at radius 3 is 2.91 bits per heavy atom. The van der Waals surface area contributed by atoms with Gasteiger partial charge in [-0.25, -0.2) is 0 Å². The maximum Gasteiger partial charge on any atom is 0.303 e. The van der Waals surface area contributed by atoms with Crippen LogP contribution >= 0.6 is 23.4 Å². The van der Waals surface area contributed by atoms with Gasteiger partial charge in [0.1, 0.15) is 0 Å². The van der Waals surface area contributed by atoms with Crippen LogP contribution in [0.15, 0.2) is 24.3 Å². The molecule has 1 aromatic carbocycles. The predicted octanol–water partition coefficient (Wildman–Crippen LogP) is 3.82. The van der Waals surface area contributed by atoms with Crippen LogP contribution in [0.25, 0.3) is 0 Å². The number of rotatable bonds is 7. The molecule has 1 aliphatic rings. The normalized spacial score (nSPS) is 18.0. The Labute approximate surface area is 146 Å². The van der Waals surface area contributed by atoms with Crippen molar-refractivity contribution in [3.63, 3.8) is 0 Å². The van der Waals surface area contributed by atoms with E-state index in [0.29, 0.717) is 17.2 Å². The molecule has 6 heteroatoms. The van der Waals surface area contributed by atoms with Crippen LogP contribution < -0.4 is 0 Å². The quantitative estimate of drug-likeness (QED) is 0.807. The summed E-state index contributed by atoms with van der Waals surface area (Å²) in [5.41, 5.74) is 1.11. The zero-order valence-corrected chi connectivity index (χ0v) is 14.6. The highest BCUT2D eigenvalue weighted by Gasteiger charge is 2.26. The zero-order chi connectivity index (χ0) is 16.7. The number of hydrogen-bond acceptors (Lipinski definition) is 3. The summed E-state index contributed by atoms with van der Waals surface area (Å²) >= 11 is 7.53. The molecular formula is C17H22ClNO3S. The average molecular weight is 356 g/mol. The van der Waals surface area contributed by atoms with E-state index in [1.165, 1.54) is 0 Å². The van der Waals surface area contributed by atoms with Crippen molar-refractivity contribution < 1.29 is 14.7 Å². The molecule has 1 aromatic rings. The van der Waals surface area contributed by atoms with E-state index in [1.54, 1.807) is 11.8 Å². The Kier molecular flexibility index (Phi) is 7.24. The molecule has 23 heavy (non-hydrogen) atoms. The lowest BCUT2D eigenvalue weighted by atomic mass is 9.98. The maximum atomic E-state index is 12.4. The van der Waals surface area contributed by atoms with Gasteiger partial charge in [0.2, 0.25) is 5.91 Å². The number of hydrogen-bond donors (Lipinski definition) is 1. The Morgan fingerprint density at radius 1 is 1.35 bits per heavy atom. The van der Waals surface area contributed by atoms with Gasteiger partial charge in [0.25, 0.3) is 0 Å². The number of carbonyl (C=O) groups is 2. The molecule has 4 nitrogen and oxygen atoms in total. The molecule has 0 aliphatic carbocycles. The van der Waals surface area contributed by atoms with Crippen molar-refractivity contribution in [2.75, 3.05) is 12.3 Å². The van der Waals surface area contributed by atoms with Gasteiger partial charge in [-0.2, -0.15) is 0 Å². The molecule has 2 rings (SSSR count). The molecule has 1 atom stereocenters. The van der Waals surface area contributed by atoms with Crippen molar-refractivity contribution in [2.24, 2.45) is 0 Å². The smallest absolute Gasteiger partial charge is 0.303 e. The van der Waals surface area contributed by atoms with Crippen molar-refractivity contribution in [1.29, 1.82) is 0 Å². The fourth-order valence-electron chi connectivity index (χ4n) is 2.88. The first kappa shape index (κ1) is 18.1. The first-order valence-corrected chi connectivity index (χ1v) is 9.43. The number of likely N-dealkylation sites (tertiary alicyclic amines) is 1. The molecule has 126 valence electrons. The van der Waals surface area contributed by atoms with E-state index in [2.05, 4.69) is 0 Å². The summed E-state index contributed by atoms with van der Waals surface area (Å²) in [4.78, 5) is 25.1. The van der Waals surface area contributed by atoms with Crippen LogP contribution in [0.2, 0.25) is 5.02 Å². The molecule has 1 unspecified atom stereocenters. The molecule has 1 heterocycles. The molecular weight excluding hydrogens is 334 g/mol. The number of nitrogens with zero attached hydrogens (tertiary/aromatic N) is 1. The summed E-state index contributed by atoms with van der Waals surface area (Å²) in [5.74, 6) is 0.501. The highest BCUT2D eigenvalue weighted by Crippen LogP contribution is 2.23. The highest BCUT2D eigenvalue weighted by atomic mass is 35.5. The highest BCUT2D eigenvalue weighted by molar-refractivity contribution is 7.99. The van der Waals surface area contributed by atoms with E-state index in [4.69, 9.17) is 16.7 Å². The van der Waals surface area contributed by atoms with Gasteiger partial charge in [-0.1, -0.05) is 23.7 Å². The van der Waals surface area contributed by atoms with Crippen LogP contribution in [-0.4, -0.2) is 40.2 Å². The van der Waals surface area contributed by atoms with E-state index >= 15 is 0 Å². The standard InChI is InChI=1S/C17H22ClNO3S/c18-14-5-3-4-13(10-14)11-23-12-16(20)19-9-2-1-6-15(19)7-8-17(21)22/h3-5,10,15H,1-2,6-9,11-12H2,(H,21,22). The van der Waals surface area contributed by atoms with Crippen LogP contribution in [0.3, 0.4) is 0 Å². The SMILES string of the molecule is O=C(O)CCC1CCCCN1C(=O)CSCc1cccc(Cl)c1. The third-order valence-electron chi connectivity index (χ3n) is 4.02. The van der Waals surface area contributed by atoms with E-state index < -0.39 is 5.97 Å². The summed E-state index contributed by atoms with van der Waals surface area (Å²) in [7, 11) is 0. The molecule has 0 saturated carbocycles. The van der Waals surface area contributed by atoms with Crippen molar-refractivity contribution >= 4 is 35.2 Å². The molecule has 1 saturated heterocycles. The third-order valence-corrected chi connectivity index (χ3v) is 5.25. The largest absolute Gasteiger partial charge is 0.481 e. The summed E-state index contributed by atoms with van der Waals surface area (Å²) in [6.07, 6.45) is 3.68. The summed E-state index contributed by atoms with van der Waals surface area (Å²) in [5, 5.41) is 9.55. The van der Waals surface area contributed by atoms with Crippen molar-refractivity contribution in [3.8, 4) is 0 Å². The number of piperidine rings is 1. The molecule has 1 amide bonds. The topological polar surface area (TPSA) is 57.6 Å². The lowest BCUT2D eigenvalue weighted by Crippen LogP contribution is -2.44. The second-order valence-corrected chi connectivity index (χ2v) is 7.21. The fraction of sp³-hybridized carbons (Fsp3) is 0.529. The van der Waals surface area contributed by atoms with E-state index in [1.807, 2.05) is 29.2 Å². The summed E-state index contributed by atoms with van der Waals surface area (Å²) < 4.78 is 0. The maximum absolute atomic E-state index is 12.4. The average Bonchev–Trinajstić information content (AvgIpc) is 2.53. The van der Waals surface area contributed by atoms with Crippen molar-refractivity contribution in [1.82, 2.24) is 4.90 Å². The van der Waals surface area contributed by atoms with Crippen LogP contribution in [0, 0.1) is 0 Å². The first-order valence-electron chi connectivity index (χ1n) is 7.89. The van der Waals surface area contributed by atoms with Gasteiger partial charge >= 0.3 is 5.97 Å². The fourth-order valence-corrected chi connectivity index (χ4v) is 3.96. The van der Waals surface area contributed by atoms with Gasteiger partial charge in [-0.05, 0) is 43.4 Å². The van der Waals surface area contributed by atoms with Gasteiger partial charge < -0.3 is 10.0 Å². The molecule has 0 radical (unpaired) electrons. The molecule has 0 bridgehead atoms. The number of halogens is 1. The first-order chi connectivity index (χ1) is 11.1. The molecule has 1 aliphatic heterocycles. The number of thioether (sulfide) groups is 1. The lowest BCUT2D eigenvalue weighted by molar-refractivity contribution is -0.139. The molecule has 1 N–H and O–H groups in total. The predicted molar refractivity (Wildman–Crippen MR) is 93.8 cm³/mol. The molecule has 0 spiro atoms. The van der Waals surface area contributed by atoms with Gasteiger partial charge in [0.05, 0.1) is 5.75 Å². The monoisotopic (exact) mass is 355 g/mol. The second-order valence-electron chi connectivity index (χ2n) is 5.79. The Bertz CT molecular complexity index is 552.